The molecule has 3 aromatic rings. The molecule has 4 nitrogen and oxygen atoms in total. The van der Waals surface area contributed by atoms with Crippen molar-refractivity contribution in [3.8, 4) is 11.3 Å². The minimum absolute atomic E-state index is 0.198. The summed E-state index contributed by atoms with van der Waals surface area (Å²) in [5.41, 5.74) is 10.4. The number of fused-ring (bicyclic) bond motifs is 1. The van der Waals surface area contributed by atoms with E-state index in [4.69, 9.17) is 5.53 Å². The topological polar surface area (TPSA) is 61.7 Å². The van der Waals surface area contributed by atoms with Crippen LogP contribution in [0.2, 0.25) is 0 Å². The fourth-order valence-electron chi connectivity index (χ4n) is 2.50. The van der Waals surface area contributed by atoms with Gasteiger partial charge in [-0.15, -0.1) is 0 Å². The summed E-state index contributed by atoms with van der Waals surface area (Å²) in [7, 11) is 0. The van der Waals surface area contributed by atoms with Crippen molar-refractivity contribution in [1.29, 1.82) is 0 Å². The van der Waals surface area contributed by atoms with Gasteiger partial charge < -0.3 is 0 Å². The minimum atomic E-state index is -0.515. The van der Waals surface area contributed by atoms with Crippen LogP contribution in [0.5, 0.6) is 0 Å². The minimum Gasteiger partial charge on any atom is -0.244 e. The highest BCUT2D eigenvalue weighted by atomic mass is 19.1. The van der Waals surface area contributed by atoms with E-state index in [1.54, 1.807) is 37.3 Å². The van der Waals surface area contributed by atoms with Crippen molar-refractivity contribution in [3.05, 3.63) is 76.2 Å². The largest absolute Gasteiger partial charge is 0.244 e. The molecule has 1 aromatic heterocycles. The van der Waals surface area contributed by atoms with E-state index < -0.39 is 17.7 Å². The summed E-state index contributed by atoms with van der Waals surface area (Å²) in [6.45, 7) is 1.71. The van der Waals surface area contributed by atoms with Gasteiger partial charge in [-0.25, -0.2) is 13.8 Å². The zero-order valence-electron chi connectivity index (χ0n) is 12.2. The van der Waals surface area contributed by atoms with Crippen LogP contribution >= 0.6 is 0 Å². The fraction of sp³-hybridized carbons (Fsp3) is 0.118. The monoisotopic (exact) mass is 310 g/mol. The second-order valence-electron chi connectivity index (χ2n) is 5.13. The number of halogens is 2. The van der Waals surface area contributed by atoms with E-state index in [0.717, 1.165) is 0 Å². The Kier molecular flexibility index (Phi) is 3.91. The summed E-state index contributed by atoms with van der Waals surface area (Å²) in [4.78, 5) is 7.18. The lowest BCUT2D eigenvalue weighted by Crippen LogP contribution is -1.99. The summed E-state index contributed by atoms with van der Waals surface area (Å²) in [6.07, 6.45) is 0. The van der Waals surface area contributed by atoms with E-state index in [1.807, 2.05) is 0 Å². The number of aromatic nitrogens is 1. The number of hydrogen-bond donors (Lipinski definition) is 0. The van der Waals surface area contributed by atoms with Crippen molar-refractivity contribution in [2.24, 2.45) is 5.11 Å². The van der Waals surface area contributed by atoms with Gasteiger partial charge in [0.05, 0.1) is 11.7 Å². The normalized spacial score (nSPS) is 12.0. The molecule has 0 aliphatic rings. The fourth-order valence-corrected chi connectivity index (χ4v) is 2.50. The molecule has 0 saturated carbocycles. The molecule has 23 heavy (non-hydrogen) atoms. The number of nitrogens with zero attached hydrogens (tertiary/aromatic N) is 4. The lowest BCUT2D eigenvalue weighted by atomic mass is 9.99. The molecule has 0 saturated heterocycles. The molecular weight excluding hydrogens is 298 g/mol. The Hall–Kier alpha value is -2.98. The van der Waals surface area contributed by atoms with Crippen LogP contribution in [0.15, 0.2) is 53.6 Å². The Bertz CT molecular complexity index is 933. The standard InChI is InChI=1S/C17H12F2N4/c1-10(22-23-20)14-9-12-5-3-7-15(19)17(12)21-16(14)11-4-2-6-13(18)8-11/h2-10H,1H3/t10-/m1/s1. The Labute approximate surface area is 131 Å². The van der Waals surface area contributed by atoms with Crippen LogP contribution in [0.1, 0.15) is 18.5 Å². The van der Waals surface area contributed by atoms with Crippen molar-refractivity contribution in [3.63, 3.8) is 0 Å². The number of para-hydroxylation sites is 1. The zero-order chi connectivity index (χ0) is 16.4. The molecule has 0 fully saturated rings. The Balaban J connectivity index is 2.34. The van der Waals surface area contributed by atoms with E-state index in [2.05, 4.69) is 15.0 Å². The summed E-state index contributed by atoms with van der Waals surface area (Å²) in [5.74, 6) is -0.872. The van der Waals surface area contributed by atoms with E-state index >= 15 is 0 Å². The van der Waals surface area contributed by atoms with Gasteiger partial charge in [0, 0.05) is 15.9 Å². The highest BCUT2D eigenvalue weighted by Crippen LogP contribution is 2.32. The summed E-state index contributed by atoms with van der Waals surface area (Å²) in [5, 5.41) is 4.28. The Morgan fingerprint density at radius 1 is 1.13 bits per heavy atom. The second kappa shape index (κ2) is 6.02. The van der Waals surface area contributed by atoms with E-state index in [-0.39, 0.29) is 5.52 Å². The molecule has 0 unspecified atom stereocenters. The third kappa shape index (κ3) is 2.84. The smallest absolute Gasteiger partial charge is 0.149 e. The molecule has 1 heterocycles. The molecule has 3 rings (SSSR count). The lowest BCUT2D eigenvalue weighted by molar-refractivity contribution is 0.628. The van der Waals surface area contributed by atoms with Gasteiger partial charge in [-0.1, -0.05) is 36.3 Å². The van der Waals surface area contributed by atoms with Crippen molar-refractivity contribution >= 4 is 10.9 Å². The maximum absolute atomic E-state index is 14.0. The molecule has 0 N–H and O–H groups in total. The first-order valence-corrected chi connectivity index (χ1v) is 6.99. The SMILES string of the molecule is C[C@@H](N=[N+]=[N-])c1cc2cccc(F)c2nc1-c1cccc(F)c1. The van der Waals surface area contributed by atoms with Crippen molar-refractivity contribution in [2.75, 3.05) is 0 Å². The molecule has 6 heteroatoms. The molecule has 1 atom stereocenters. The predicted octanol–water partition coefficient (Wildman–Crippen LogP) is 5.55. The average Bonchev–Trinajstić information content (AvgIpc) is 2.54. The summed E-state index contributed by atoms with van der Waals surface area (Å²) >= 11 is 0. The predicted molar refractivity (Wildman–Crippen MR) is 84.7 cm³/mol. The quantitative estimate of drug-likeness (QED) is 0.355. The molecule has 2 aromatic carbocycles. The highest BCUT2D eigenvalue weighted by molar-refractivity contribution is 5.84. The van der Waals surface area contributed by atoms with Crippen LogP contribution in [0.25, 0.3) is 32.6 Å². The van der Waals surface area contributed by atoms with Gasteiger partial charge in [0.1, 0.15) is 17.2 Å². The number of azide groups is 1. The third-order valence-electron chi connectivity index (χ3n) is 3.60. The maximum Gasteiger partial charge on any atom is 0.149 e. The first-order chi connectivity index (χ1) is 11.1. The molecular formula is C17H12F2N4. The van der Waals surface area contributed by atoms with E-state index in [1.165, 1.54) is 18.2 Å². The van der Waals surface area contributed by atoms with E-state index in [0.29, 0.717) is 22.2 Å². The Morgan fingerprint density at radius 2 is 1.91 bits per heavy atom. The number of hydrogen-bond acceptors (Lipinski definition) is 2. The number of rotatable bonds is 3. The van der Waals surface area contributed by atoms with Crippen molar-refractivity contribution in [1.82, 2.24) is 4.98 Å². The van der Waals surface area contributed by atoms with Gasteiger partial charge in [-0.2, -0.15) is 0 Å². The van der Waals surface area contributed by atoms with Gasteiger partial charge in [0.25, 0.3) is 0 Å². The van der Waals surface area contributed by atoms with Crippen LogP contribution in [-0.2, 0) is 0 Å². The third-order valence-corrected chi connectivity index (χ3v) is 3.60. The van der Waals surface area contributed by atoms with Crippen LogP contribution < -0.4 is 0 Å². The van der Waals surface area contributed by atoms with Crippen molar-refractivity contribution < 1.29 is 8.78 Å². The molecule has 0 spiro atoms. The van der Waals surface area contributed by atoms with E-state index in [9.17, 15) is 8.78 Å². The summed E-state index contributed by atoms with van der Waals surface area (Å²) < 4.78 is 27.6. The molecule has 0 aliphatic carbocycles. The molecule has 114 valence electrons. The van der Waals surface area contributed by atoms with Crippen LogP contribution in [0, 0.1) is 11.6 Å². The molecule has 0 bridgehead atoms. The zero-order valence-corrected chi connectivity index (χ0v) is 12.2. The highest BCUT2D eigenvalue weighted by Gasteiger charge is 2.16. The van der Waals surface area contributed by atoms with Gasteiger partial charge in [0.15, 0.2) is 0 Å². The van der Waals surface area contributed by atoms with Crippen molar-refractivity contribution in [2.45, 2.75) is 13.0 Å². The number of pyridine rings is 1. The second-order valence-corrected chi connectivity index (χ2v) is 5.13. The summed E-state index contributed by atoms with van der Waals surface area (Å²) in [6, 6.07) is 11.7. The first kappa shape index (κ1) is 14.9. The lowest BCUT2D eigenvalue weighted by Gasteiger charge is -2.14. The van der Waals surface area contributed by atoms with Gasteiger partial charge >= 0.3 is 0 Å². The molecule has 0 aliphatic heterocycles. The molecule has 0 amide bonds. The molecule has 0 radical (unpaired) electrons. The first-order valence-electron chi connectivity index (χ1n) is 6.99. The van der Waals surface area contributed by atoms with Gasteiger partial charge in [0.2, 0.25) is 0 Å². The number of benzene rings is 2. The van der Waals surface area contributed by atoms with Gasteiger partial charge in [-0.3, -0.25) is 0 Å². The van der Waals surface area contributed by atoms with Crippen LogP contribution in [0.3, 0.4) is 0 Å². The van der Waals surface area contributed by atoms with Crippen LogP contribution in [0.4, 0.5) is 8.78 Å². The van der Waals surface area contributed by atoms with Crippen LogP contribution in [-0.4, -0.2) is 4.98 Å². The van der Waals surface area contributed by atoms with Gasteiger partial charge in [-0.05, 0) is 35.4 Å². The average molecular weight is 310 g/mol. The Morgan fingerprint density at radius 3 is 2.65 bits per heavy atom. The maximum atomic E-state index is 14.0.